The van der Waals surface area contributed by atoms with Crippen LogP contribution in [0.2, 0.25) is 0 Å². The Morgan fingerprint density at radius 3 is 2.35 bits per heavy atom. The van der Waals surface area contributed by atoms with E-state index in [1.54, 1.807) is 12.1 Å². The minimum Gasteiger partial charge on any atom is -0.349 e. The van der Waals surface area contributed by atoms with E-state index in [1.807, 2.05) is 61.5 Å². The summed E-state index contributed by atoms with van der Waals surface area (Å²) in [5.41, 5.74) is 2.45. The van der Waals surface area contributed by atoms with Crippen LogP contribution >= 0.6 is 11.8 Å². The van der Waals surface area contributed by atoms with Crippen LogP contribution in [0.4, 0.5) is 11.5 Å². The van der Waals surface area contributed by atoms with E-state index in [4.69, 9.17) is 5.14 Å². The molecule has 4 aromatic rings. The number of nitrogens with two attached hydrogens (primary N) is 1. The highest BCUT2D eigenvalue weighted by atomic mass is 32.2. The summed E-state index contributed by atoms with van der Waals surface area (Å²) in [5, 5.41) is 12.7. The molecule has 0 bridgehead atoms. The molecule has 8 nitrogen and oxygen atoms in total. The summed E-state index contributed by atoms with van der Waals surface area (Å²) in [4.78, 5) is 21.8. The summed E-state index contributed by atoms with van der Waals surface area (Å²) in [6, 6.07) is 23.2. The van der Waals surface area contributed by atoms with Crippen LogP contribution in [0.15, 0.2) is 88.9 Å². The van der Waals surface area contributed by atoms with Crippen LogP contribution in [-0.2, 0) is 14.8 Å². The largest absolute Gasteiger partial charge is 0.349 e. The van der Waals surface area contributed by atoms with Crippen LogP contribution < -0.4 is 15.8 Å². The highest BCUT2D eigenvalue weighted by Crippen LogP contribution is 2.27. The molecule has 0 aliphatic rings. The molecule has 1 aromatic heterocycles. The van der Waals surface area contributed by atoms with Gasteiger partial charge < -0.3 is 10.6 Å². The maximum atomic E-state index is 12.5. The minimum atomic E-state index is -3.76. The topological polar surface area (TPSA) is 127 Å². The smallest absolute Gasteiger partial charge is 0.238 e. The van der Waals surface area contributed by atoms with Crippen molar-refractivity contribution in [2.24, 2.45) is 5.14 Å². The monoisotopic (exact) mass is 493 g/mol. The standard InChI is InChI=1S/C24H23N5O3S2/c1-16(17-11-13-19(14-12-17)34(25,31)32)26-22(30)15-33-24-28-21-10-6-5-9-20(21)23(29-24)27-18-7-3-2-4-8-18/h2-14,16H,15H2,1H3,(H,26,30)(H2,25,31,32)(H,27,28,29)/t16-/m0/s1. The van der Waals surface area contributed by atoms with Gasteiger partial charge in [-0.05, 0) is 48.9 Å². The van der Waals surface area contributed by atoms with Gasteiger partial charge in [-0.1, -0.05) is 54.2 Å². The molecule has 4 rings (SSSR count). The fourth-order valence-corrected chi connectivity index (χ4v) is 4.49. The van der Waals surface area contributed by atoms with Crippen molar-refractivity contribution < 1.29 is 13.2 Å². The quantitative estimate of drug-likeness (QED) is 0.250. The van der Waals surface area contributed by atoms with Crippen LogP contribution in [0.3, 0.4) is 0 Å². The lowest BCUT2D eigenvalue weighted by Gasteiger charge is -2.15. The van der Waals surface area contributed by atoms with Gasteiger partial charge in [-0.3, -0.25) is 4.79 Å². The SMILES string of the molecule is C[C@H](NC(=O)CSc1nc(Nc2ccccc2)c2ccccc2n1)c1ccc(S(N)(=O)=O)cc1. The molecule has 10 heteroatoms. The molecule has 0 aliphatic carbocycles. The van der Waals surface area contributed by atoms with Crippen molar-refractivity contribution in [2.75, 3.05) is 11.1 Å². The second kappa shape index (κ2) is 10.2. The predicted molar refractivity (Wildman–Crippen MR) is 134 cm³/mol. The van der Waals surface area contributed by atoms with Crippen LogP contribution in [0.5, 0.6) is 0 Å². The molecule has 0 unspecified atom stereocenters. The molecule has 1 atom stereocenters. The Morgan fingerprint density at radius 2 is 1.65 bits per heavy atom. The molecule has 0 saturated heterocycles. The Bertz CT molecular complexity index is 1410. The van der Waals surface area contributed by atoms with Crippen molar-refractivity contribution in [1.29, 1.82) is 0 Å². The van der Waals surface area contributed by atoms with Crippen molar-refractivity contribution in [1.82, 2.24) is 15.3 Å². The van der Waals surface area contributed by atoms with E-state index in [9.17, 15) is 13.2 Å². The number of sulfonamides is 1. The summed E-state index contributed by atoms with van der Waals surface area (Å²) < 4.78 is 22.8. The fourth-order valence-electron chi connectivity index (χ4n) is 3.32. The fraction of sp³-hybridized carbons (Fsp3) is 0.125. The first-order valence-electron chi connectivity index (χ1n) is 10.4. The lowest BCUT2D eigenvalue weighted by molar-refractivity contribution is -0.119. The van der Waals surface area contributed by atoms with Crippen molar-refractivity contribution in [3.8, 4) is 0 Å². The average Bonchev–Trinajstić information content (AvgIpc) is 2.83. The number of fused-ring (bicyclic) bond motifs is 1. The molecule has 4 N–H and O–H groups in total. The first-order chi connectivity index (χ1) is 16.3. The van der Waals surface area contributed by atoms with Gasteiger partial charge >= 0.3 is 0 Å². The second-order valence-corrected chi connectivity index (χ2v) is 10.1. The normalized spacial score (nSPS) is 12.3. The molecule has 1 heterocycles. The molecule has 174 valence electrons. The van der Waals surface area contributed by atoms with Gasteiger partial charge in [0.15, 0.2) is 5.16 Å². The molecule has 1 amide bonds. The van der Waals surface area contributed by atoms with Gasteiger partial charge in [-0.25, -0.2) is 23.5 Å². The molecule has 3 aromatic carbocycles. The average molecular weight is 494 g/mol. The molecule has 34 heavy (non-hydrogen) atoms. The highest BCUT2D eigenvalue weighted by Gasteiger charge is 2.14. The van der Waals surface area contributed by atoms with E-state index < -0.39 is 10.0 Å². The molecule has 0 radical (unpaired) electrons. The Kier molecular flexibility index (Phi) is 7.11. The zero-order chi connectivity index (χ0) is 24.1. The lowest BCUT2D eigenvalue weighted by Crippen LogP contribution is -2.28. The Labute approximate surface area is 202 Å². The summed E-state index contributed by atoms with van der Waals surface area (Å²) in [6.45, 7) is 1.82. The van der Waals surface area contributed by atoms with Gasteiger partial charge in [0.05, 0.1) is 22.2 Å². The van der Waals surface area contributed by atoms with E-state index in [-0.39, 0.29) is 22.6 Å². The number of thioether (sulfide) groups is 1. The molecule has 0 saturated carbocycles. The van der Waals surface area contributed by atoms with E-state index in [0.29, 0.717) is 11.0 Å². The highest BCUT2D eigenvalue weighted by molar-refractivity contribution is 7.99. The summed E-state index contributed by atoms with van der Waals surface area (Å²) >= 11 is 1.24. The molecule has 0 aliphatic heterocycles. The number of nitrogens with one attached hydrogen (secondary N) is 2. The third kappa shape index (κ3) is 5.90. The van der Waals surface area contributed by atoms with Crippen molar-refractivity contribution in [3.63, 3.8) is 0 Å². The maximum absolute atomic E-state index is 12.5. The molecule has 0 spiro atoms. The number of carbonyl (C=O) groups excluding carboxylic acids is 1. The Balaban J connectivity index is 1.44. The number of hydrogen-bond acceptors (Lipinski definition) is 7. The van der Waals surface area contributed by atoms with Crippen LogP contribution in [0, 0.1) is 0 Å². The first kappa shape index (κ1) is 23.7. The van der Waals surface area contributed by atoms with Gasteiger partial charge in [0.25, 0.3) is 0 Å². The van der Waals surface area contributed by atoms with Crippen LogP contribution in [-0.4, -0.2) is 30.0 Å². The summed E-state index contributed by atoms with van der Waals surface area (Å²) in [5.74, 6) is 0.605. The number of hydrogen-bond donors (Lipinski definition) is 3. The van der Waals surface area contributed by atoms with Crippen molar-refractivity contribution >= 4 is 50.1 Å². The van der Waals surface area contributed by atoms with E-state index in [0.717, 1.165) is 22.2 Å². The number of anilines is 2. The number of benzene rings is 3. The number of para-hydroxylation sites is 2. The third-order valence-electron chi connectivity index (χ3n) is 5.04. The van der Waals surface area contributed by atoms with E-state index in [2.05, 4.69) is 20.6 Å². The number of amides is 1. The summed E-state index contributed by atoms with van der Waals surface area (Å²) in [7, 11) is -3.76. The molecular weight excluding hydrogens is 470 g/mol. The number of primary sulfonamides is 1. The van der Waals surface area contributed by atoms with Crippen LogP contribution in [0.25, 0.3) is 10.9 Å². The Morgan fingerprint density at radius 1 is 0.971 bits per heavy atom. The number of nitrogens with zero attached hydrogens (tertiary/aromatic N) is 2. The van der Waals surface area contributed by atoms with Gasteiger partial charge in [-0.15, -0.1) is 0 Å². The molecular formula is C24H23N5O3S2. The number of rotatable bonds is 8. The van der Waals surface area contributed by atoms with E-state index >= 15 is 0 Å². The first-order valence-corrected chi connectivity index (χ1v) is 13.0. The van der Waals surface area contributed by atoms with E-state index in [1.165, 1.54) is 23.9 Å². The van der Waals surface area contributed by atoms with Gasteiger partial charge in [0.2, 0.25) is 15.9 Å². The Hall–Kier alpha value is -3.47. The number of aromatic nitrogens is 2. The van der Waals surface area contributed by atoms with Crippen molar-refractivity contribution in [2.45, 2.75) is 23.0 Å². The van der Waals surface area contributed by atoms with Crippen LogP contribution in [0.1, 0.15) is 18.5 Å². The third-order valence-corrected chi connectivity index (χ3v) is 6.81. The van der Waals surface area contributed by atoms with Gasteiger partial charge in [-0.2, -0.15) is 0 Å². The zero-order valence-electron chi connectivity index (χ0n) is 18.3. The maximum Gasteiger partial charge on any atom is 0.238 e. The van der Waals surface area contributed by atoms with Gasteiger partial charge in [0.1, 0.15) is 5.82 Å². The minimum absolute atomic E-state index is 0.0266. The lowest BCUT2D eigenvalue weighted by atomic mass is 10.1. The van der Waals surface area contributed by atoms with Crippen molar-refractivity contribution in [3.05, 3.63) is 84.4 Å². The zero-order valence-corrected chi connectivity index (χ0v) is 19.9. The predicted octanol–water partition coefficient (Wildman–Crippen LogP) is 3.99. The number of carbonyl (C=O) groups is 1. The summed E-state index contributed by atoms with van der Waals surface area (Å²) in [6.07, 6.45) is 0. The van der Waals surface area contributed by atoms with Gasteiger partial charge in [0, 0.05) is 11.1 Å². The molecule has 0 fully saturated rings. The second-order valence-electron chi connectivity index (χ2n) is 7.55.